The van der Waals surface area contributed by atoms with Crippen molar-refractivity contribution in [1.82, 2.24) is 15.0 Å². The Hall–Kier alpha value is -1.66. The molecule has 0 saturated carbocycles. The fourth-order valence-electron chi connectivity index (χ4n) is 2.32. The molecule has 0 amide bonds. The van der Waals surface area contributed by atoms with Gasteiger partial charge >= 0.3 is 0 Å². The van der Waals surface area contributed by atoms with Crippen LogP contribution in [0.1, 0.15) is 18.7 Å². The van der Waals surface area contributed by atoms with E-state index in [1.807, 2.05) is 6.07 Å². The lowest BCUT2D eigenvalue weighted by molar-refractivity contribution is 0.0359. The predicted molar refractivity (Wildman–Crippen MR) is 67.3 cm³/mol. The molecule has 0 N–H and O–H groups in total. The molecule has 3 heterocycles. The highest BCUT2D eigenvalue weighted by atomic mass is 16.5. The predicted octanol–water partition coefficient (Wildman–Crippen LogP) is 1.94. The summed E-state index contributed by atoms with van der Waals surface area (Å²) in [7, 11) is 1.77. The smallest absolute Gasteiger partial charge is 0.241 e. The summed E-state index contributed by atoms with van der Waals surface area (Å²) in [4.78, 5) is 6.64. The van der Waals surface area contributed by atoms with Crippen molar-refractivity contribution in [2.45, 2.75) is 25.5 Å². The van der Waals surface area contributed by atoms with E-state index in [0.717, 1.165) is 25.9 Å². The summed E-state index contributed by atoms with van der Waals surface area (Å²) < 4.78 is 15.8. The largest absolute Gasteiger partial charge is 0.461 e. The number of likely N-dealkylation sites (tertiary alicyclic amines) is 1. The Labute approximate surface area is 111 Å². The van der Waals surface area contributed by atoms with Gasteiger partial charge < -0.3 is 13.7 Å². The standard InChI is InChI=1S/C13H17N3O3/c1-17-10-4-6-16(7-5-10)9-12-14-13(15-19-12)11-3-2-8-18-11/h2-3,8,10H,4-7,9H2,1H3. The quantitative estimate of drug-likeness (QED) is 0.840. The SMILES string of the molecule is COC1CCN(Cc2nc(-c3ccco3)no2)CC1. The first-order chi connectivity index (χ1) is 9.35. The molecule has 102 valence electrons. The van der Waals surface area contributed by atoms with Crippen LogP contribution in [0, 0.1) is 0 Å². The second kappa shape index (κ2) is 5.54. The number of furan rings is 1. The maximum Gasteiger partial charge on any atom is 0.241 e. The second-order valence-corrected chi connectivity index (χ2v) is 4.70. The van der Waals surface area contributed by atoms with Crippen molar-refractivity contribution in [3.8, 4) is 11.6 Å². The number of rotatable bonds is 4. The van der Waals surface area contributed by atoms with E-state index in [1.165, 1.54) is 0 Å². The Balaban J connectivity index is 1.59. The van der Waals surface area contributed by atoms with Crippen molar-refractivity contribution < 1.29 is 13.7 Å². The zero-order chi connectivity index (χ0) is 13.1. The summed E-state index contributed by atoms with van der Waals surface area (Å²) in [6.45, 7) is 2.68. The number of methoxy groups -OCH3 is 1. The summed E-state index contributed by atoms with van der Waals surface area (Å²) in [5.74, 6) is 1.77. The highest BCUT2D eigenvalue weighted by molar-refractivity contribution is 5.44. The number of piperidine rings is 1. The van der Waals surface area contributed by atoms with Crippen LogP contribution >= 0.6 is 0 Å². The summed E-state index contributed by atoms with van der Waals surface area (Å²) in [6.07, 6.45) is 4.09. The second-order valence-electron chi connectivity index (χ2n) is 4.70. The third kappa shape index (κ3) is 2.85. The van der Waals surface area contributed by atoms with E-state index in [9.17, 15) is 0 Å². The Morgan fingerprint density at radius 3 is 2.95 bits per heavy atom. The first-order valence-electron chi connectivity index (χ1n) is 6.47. The van der Waals surface area contributed by atoms with Gasteiger partial charge in [-0.1, -0.05) is 5.16 Å². The molecule has 2 aromatic rings. The van der Waals surface area contributed by atoms with Gasteiger partial charge in [0.2, 0.25) is 11.7 Å². The van der Waals surface area contributed by atoms with Crippen LogP contribution in [0.15, 0.2) is 27.3 Å². The molecule has 1 fully saturated rings. The van der Waals surface area contributed by atoms with Crippen LogP contribution in [0.3, 0.4) is 0 Å². The zero-order valence-corrected chi connectivity index (χ0v) is 10.9. The number of ether oxygens (including phenoxy) is 1. The highest BCUT2D eigenvalue weighted by Crippen LogP contribution is 2.18. The molecule has 3 rings (SSSR count). The molecule has 0 bridgehead atoms. The van der Waals surface area contributed by atoms with Gasteiger partial charge in [-0.2, -0.15) is 4.98 Å². The lowest BCUT2D eigenvalue weighted by atomic mass is 10.1. The van der Waals surface area contributed by atoms with Gasteiger partial charge in [-0.3, -0.25) is 4.90 Å². The monoisotopic (exact) mass is 263 g/mol. The molecule has 0 spiro atoms. The molecule has 0 aromatic carbocycles. The molecule has 2 aromatic heterocycles. The number of hydrogen-bond donors (Lipinski definition) is 0. The van der Waals surface area contributed by atoms with Crippen LogP contribution in [0.25, 0.3) is 11.6 Å². The molecule has 0 atom stereocenters. The average molecular weight is 263 g/mol. The molecule has 1 saturated heterocycles. The van der Waals surface area contributed by atoms with E-state index in [0.29, 0.717) is 30.1 Å². The van der Waals surface area contributed by atoms with E-state index < -0.39 is 0 Å². The fraction of sp³-hybridized carbons (Fsp3) is 0.538. The maximum atomic E-state index is 5.35. The molecule has 6 heteroatoms. The summed E-state index contributed by atoms with van der Waals surface area (Å²) in [5, 5.41) is 3.92. The van der Waals surface area contributed by atoms with Crippen LogP contribution in [0.4, 0.5) is 0 Å². The van der Waals surface area contributed by atoms with Crippen LogP contribution in [-0.2, 0) is 11.3 Å². The molecule has 0 radical (unpaired) electrons. The van der Waals surface area contributed by atoms with Crippen molar-refractivity contribution >= 4 is 0 Å². The molecule has 0 aliphatic carbocycles. The van der Waals surface area contributed by atoms with Crippen molar-refractivity contribution in [1.29, 1.82) is 0 Å². The lowest BCUT2D eigenvalue weighted by Crippen LogP contribution is -2.36. The van der Waals surface area contributed by atoms with Crippen molar-refractivity contribution in [3.63, 3.8) is 0 Å². The number of nitrogens with zero attached hydrogens (tertiary/aromatic N) is 3. The van der Waals surface area contributed by atoms with E-state index >= 15 is 0 Å². The third-order valence-corrected chi connectivity index (χ3v) is 3.44. The highest BCUT2D eigenvalue weighted by Gasteiger charge is 2.21. The topological polar surface area (TPSA) is 64.5 Å². The summed E-state index contributed by atoms with van der Waals surface area (Å²) in [5.41, 5.74) is 0. The van der Waals surface area contributed by atoms with Crippen LogP contribution in [-0.4, -0.2) is 41.3 Å². The van der Waals surface area contributed by atoms with Gasteiger partial charge in [0.05, 0.1) is 18.9 Å². The third-order valence-electron chi connectivity index (χ3n) is 3.44. The minimum atomic E-state index is 0.387. The van der Waals surface area contributed by atoms with Gasteiger partial charge in [0.15, 0.2) is 5.76 Å². The molecule has 1 aliphatic rings. The zero-order valence-electron chi connectivity index (χ0n) is 10.9. The number of hydrogen-bond acceptors (Lipinski definition) is 6. The number of aromatic nitrogens is 2. The Bertz CT molecular complexity index is 501. The van der Waals surface area contributed by atoms with E-state index in [2.05, 4.69) is 15.0 Å². The van der Waals surface area contributed by atoms with Crippen molar-refractivity contribution in [2.75, 3.05) is 20.2 Å². The first kappa shape index (κ1) is 12.4. The van der Waals surface area contributed by atoms with E-state index in [1.54, 1.807) is 19.4 Å². The van der Waals surface area contributed by atoms with Crippen LogP contribution < -0.4 is 0 Å². The Kier molecular flexibility index (Phi) is 3.61. The molecular formula is C13H17N3O3. The molecule has 0 unspecified atom stereocenters. The Morgan fingerprint density at radius 1 is 1.42 bits per heavy atom. The normalized spacial score (nSPS) is 17.9. The van der Waals surface area contributed by atoms with Crippen molar-refractivity contribution in [2.24, 2.45) is 0 Å². The van der Waals surface area contributed by atoms with E-state index in [-0.39, 0.29) is 0 Å². The first-order valence-corrected chi connectivity index (χ1v) is 6.47. The summed E-state index contributed by atoms with van der Waals surface area (Å²) >= 11 is 0. The lowest BCUT2D eigenvalue weighted by Gasteiger charge is -2.29. The minimum absolute atomic E-state index is 0.387. The van der Waals surface area contributed by atoms with Gasteiger partial charge in [0.25, 0.3) is 0 Å². The van der Waals surface area contributed by atoms with Gasteiger partial charge in [-0.15, -0.1) is 0 Å². The van der Waals surface area contributed by atoms with Crippen LogP contribution in [0.2, 0.25) is 0 Å². The minimum Gasteiger partial charge on any atom is -0.461 e. The van der Waals surface area contributed by atoms with Crippen molar-refractivity contribution in [3.05, 3.63) is 24.3 Å². The fourth-order valence-corrected chi connectivity index (χ4v) is 2.32. The van der Waals surface area contributed by atoms with E-state index in [4.69, 9.17) is 13.7 Å². The van der Waals surface area contributed by atoms with Gasteiger partial charge in [0, 0.05) is 20.2 Å². The van der Waals surface area contributed by atoms with Gasteiger partial charge in [-0.25, -0.2) is 0 Å². The van der Waals surface area contributed by atoms with Crippen LogP contribution in [0.5, 0.6) is 0 Å². The van der Waals surface area contributed by atoms with Gasteiger partial charge in [0.1, 0.15) is 0 Å². The maximum absolute atomic E-state index is 5.35. The Morgan fingerprint density at radius 2 is 2.26 bits per heavy atom. The molecule has 6 nitrogen and oxygen atoms in total. The summed E-state index contributed by atoms with van der Waals surface area (Å²) in [6, 6.07) is 3.62. The average Bonchev–Trinajstić information content (AvgIpc) is 3.10. The molecule has 19 heavy (non-hydrogen) atoms. The van der Waals surface area contributed by atoms with Gasteiger partial charge in [-0.05, 0) is 25.0 Å². The molecular weight excluding hydrogens is 246 g/mol. The molecule has 1 aliphatic heterocycles.